The Hall–Kier alpha value is -1.55. The van der Waals surface area contributed by atoms with Crippen LogP contribution in [0.5, 0.6) is 0 Å². The fourth-order valence-electron chi connectivity index (χ4n) is 3.51. The van der Waals surface area contributed by atoms with Crippen LogP contribution in [0.4, 0.5) is 5.69 Å². The molecule has 1 fully saturated rings. The van der Waals surface area contributed by atoms with Crippen molar-refractivity contribution in [2.24, 2.45) is 4.99 Å². The predicted octanol–water partition coefficient (Wildman–Crippen LogP) is 3.36. The van der Waals surface area contributed by atoms with E-state index in [1.807, 2.05) is 0 Å². The maximum absolute atomic E-state index is 5.92. The highest BCUT2D eigenvalue weighted by Crippen LogP contribution is 2.27. The number of fused-ring (bicyclic) bond motifs is 1. The zero-order valence-corrected chi connectivity index (χ0v) is 14.3. The van der Waals surface area contributed by atoms with Crippen LogP contribution in [-0.2, 0) is 11.2 Å². The van der Waals surface area contributed by atoms with E-state index in [4.69, 9.17) is 9.73 Å². The monoisotopic (exact) mass is 315 g/mol. The van der Waals surface area contributed by atoms with Gasteiger partial charge in [0.05, 0.1) is 6.10 Å². The molecule has 0 saturated heterocycles. The first-order valence-corrected chi connectivity index (χ1v) is 9.14. The Morgan fingerprint density at radius 3 is 2.96 bits per heavy atom. The molecule has 0 unspecified atom stereocenters. The number of ether oxygens (including phenoxy) is 1. The van der Waals surface area contributed by atoms with Gasteiger partial charge in [0.1, 0.15) is 0 Å². The summed E-state index contributed by atoms with van der Waals surface area (Å²) in [6, 6.07) is 8.63. The average molecular weight is 315 g/mol. The van der Waals surface area contributed by atoms with E-state index in [1.54, 1.807) is 0 Å². The Labute approximate surface area is 139 Å². The van der Waals surface area contributed by atoms with Crippen molar-refractivity contribution in [3.8, 4) is 0 Å². The molecule has 3 rings (SSSR count). The van der Waals surface area contributed by atoms with Gasteiger partial charge in [0.2, 0.25) is 0 Å². The van der Waals surface area contributed by atoms with Crippen LogP contribution >= 0.6 is 0 Å². The summed E-state index contributed by atoms with van der Waals surface area (Å²) >= 11 is 0. The van der Waals surface area contributed by atoms with E-state index in [-0.39, 0.29) is 0 Å². The molecule has 0 amide bonds. The third kappa shape index (κ3) is 4.25. The van der Waals surface area contributed by atoms with Crippen LogP contribution in [-0.4, -0.2) is 38.3 Å². The number of nitrogens with zero attached hydrogens (tertiary/aromatic N) is 2. The van der Waals surface area contributed by atoms with E-state index in [2.05, 4.69) is 41.4 Å². The van der Waals surface area contributed by atoms with Crippen molar-refractivity contribution in [2.45, 2.75) is 51.6 Å². The molecule has 0 atom stereocenters. The molecule has 1 heterocycles. The first-order chi connectivity index (χ1) is 11.4. The van der Waals surface area contributed by atoms with Crippen LogP contribution < -0.4 is 10.2 Å². The molecule has 1 saturated carbocycles. The molecule has 1 aromatic rings. The predicted molar refractivity (Wildman–Crippen MR) is 96.3 cm³/mol. The standard InChI is InChI=1S/C19H29N3O/c1-2-20-19(21-13-7-15-23-17-9-4-5-10-17)22-14-12-16-8-3-6-11-18(16)22/h3,6,8,11,17H,2,4-5,7,9-10,12-15H2,1H3,(H,20,21). The van der Waals surface area contributed by atoms with Crippen LogP contribution in [0, 0.1) is 0 Å². The highest BCUT2D eigenvalue weighted by atomic mass is 16.5. The lowest BCUT2D eigenvalue weighted by molar-refractivity contribution is 0.0579. The maximum atomic E-state index is 5.92. The van der Waals surface area contributed by atoms with E-state index >= 15 is 0 Å². The molecule has 0 aromatic heterocycles. The van der Waals surface area contributed by atoms with Crippen LogP contribution in [0.25, 0.3) is 0 Å². The molecule has 126 valence electrons. The maximum Gasteiger partial charge on any atom is 0.198 e. The number of rotatable bonds is 6. The summed E-state index contributed by atoms with van der Waals surface area (Å²) in [6.07, 6.45) is 7.78. The highest BCUT2D eigenvalue weighted by molar-refractivity contribution is 5.97. The third-order valence-corrected chi connectivity index (χ3v) is 4.70. The lowest BCUT2D eigenvalue weighted by Gasteiger charge is -2.22. The smallest absolute Gasteiger partial charge is 0.198 e. The summed E-state index contributed by atoms with van der Waals surface area (Å²) < 4.78 is 5.92. The molecule has 0 bridgehead atoms. The minimum absolute atomic E-state index is 0.512. The van der Waals surface area contributed by atoms with E-state index < -0.39 is 0 Å². The quantitative estimate of drug-likeness (QED) is 0.497. The third-order valence-electron chi connectivity index (χ3n) is 4.70. The van der Waals surface area contributed by atoms with E-state index in [1.165, 1.54) is 36.9 Å². The molecule has 0 radical (unpaired) electrons. The second kappa shape index (κ2) is 8.34. The molecule has 2 aliphatic rings. The van der Waals surface area contributed by atoms with Gasteiger partial charge in [0, 0.05) is 31.9 Å². The Kier molecular flexibility index (Phi) is 5.92. The van der Waals surface area contributed by atoms with Crippen LogP contribution in [0.2, 0.25) is 0 Å². The first kappa shape index (κ1) is 16.3. The number of benzene rings is 1. The number of hydrogen-bond donors (Lipinski definition) is 1. The van der Waals surface area contributed by atoms with Gasteiger partial charge >= 0.3 is 0 Å². The summed E-state index contributed by atoms with van der Waals surface area (Å²) in [4.78, 5) is 7.13. The number of hydrogen-bond acceptors (Lipinski definition) is 2. The summed E-state index contributed by atoms with van der Waals surface area (Å²) in [7, 11) is 0. The molecule has 0 spiro atoms. The Bertz CT molecular complexity index is 523. The van der Waals surface area contributed by atoms with Crippen molar-refractivity contribution in [3.05, 3.63) is 29.8 Å². The minimum atomic E-state index is 0.512. The number of para-hydroxylation sites is 1. The Morgan fingerprint density at radius 2 is 2.13 bits per heavy atom. The van der Waals surface area contributed by atoms with Crippen LogP contribution in [0.1, 0.15) is 44.6 Å². The molecule has 4 heteroatoms. The molecule has 1 aliphatic heterocycles. The topological polar surface area (TPSA) is 36.9 Å². The van der Waals surface area contributed by atoms with E-state index in [0.29, 0.717) is 6.10 Å². The number of anilines is 1. The Morgan fingerprint density at radius 1 is 1.30 bits per heavy atom. The van der Waals surface area contributed by atoms with Crippen LogP contribution in [0.15, 0.2) is 29.3 Å². The first-order valence-electron chi connectivity index (χ1n) is 9.14. The fourth-order valence-corrected chi connectivity index (χ4v) is 3.51. The number of guanidine groups is 1. The summed E-state index contributed by atoms with van der Waals surface area (Å²) in [5.74, 6) is 1.01. The van der Waals surface area contributed by atoms with Gasteiger partial charge in [-0.15, -0.1) is 0 Å². The molecule has 1 N–H and O–H groups in total. The number of nitrogens with one attached hydrogen (secondary N) is 1. The SMILES string of the molecule is CCNC(=NCCCOC1CCCC1)N1CCc2ccccc21. The lowest BCUT2D eigenvalue weighted by Crippen LogP contribution is -2.40. The summed E-state index contributed by atoms with van der Waals surface area (Å²) in [6.45, 7) is 5.71. The van der Waals surface area contributed by atoms with Gasteiger partial charge in [-0.3, -0.25) is 4.99 Å². The molecular formula is C19H29N3O. The second-order valence-corrected chi connectivity index (χ2v) is 6.40. The fraction of sp³-hybridized carbons (Fsp3) is 0.632. The zero-order chi connectivity index (χ0) is 15.9. The van der Waals surface area contributed by atoms with Gasteiger partial charge in [-0.1, -0.05) is 31.0 Å². The van der Waals surface area contributed by atoms with Crippen molar-refractivity contribution in [1.29, 1.82) is 0 Å². The van der Waals surface area contributed by atoms with Crippen molar-refractivity contribution in [3.63, 3.8) is 0 Å². The summed E-state index contributed by atoms with van der Waals surface area (Å²) in [5, 5.41) is 3.43. The van der Waals surface area contributed by atoms with Gasteiger partial charge in [0.25, 0.3) is 0 Å². The van der Waals surface area contributed by atoms with Crippen molar-refractivity contribution >= 4 is 11.6 Å². The largest absolute Gasteiger partial charge is 0.378 e. The van der Waals surface area contributed by atoms with Gasteiger partial charge in [-0.05, 0) is 44.2 Å². The lowest BCUT2D eigenvalue weighted by atomic mass is 10.2. The number of aliphatic imine (C=N–C) groups is 1. The van der Waals surface area contributed by atoms with E-state index in [9.17, 15) is 0 Å². The average Bonchev–Trinajstić information content (AvgIpc) is 3.23. The van der Waals surface area contributed by atoms with Crippen molar-refractivity contribution in [2.75, 3.05) is 31.1 Å². The van der Waals surface area contributed by atoms with Gasteiger partial charge in [-0.2, -0.15) is 0 Å². The minimum Gasteiger partial charge on any atom is -0.378 e. The molecule has 23 heavy (non-hydrogen) atoms. The van der Waals surface area contributed by atoms with Gasteiger partial charge in [-0.25, -0.2) is 0 Å². The van der Waals surface area contributed by atoms with E-state index in [0.717, 1.165) is 45.0 Å². The molecule has 4 nitrogen and oxygen atoms in total. The molecular weight excluding hydrogens is 286 g/mol. The van der Waals surface area contributed by atoms with Crippen molar-refractivity contribution < 1.29 is 4.74 Å². The summed E-state index contributed by atoms with van der Waals surface area (Å²) in [5.41, 5.74) is 2.72. The van der Waals surface area contributed by atoms with Crippen molar-refractivity contribution in [1.82, 2.24) is 5.32 Å². The Balaban J connectivity index is 1.52. The highest BCUT2D eigenvalue weighted by Gasteiger charge is 2.22. The zero-order valence-electron chi connectivity index (χ0n) is 14.3. The molecule has 1 aromatic carbocycles. The van der Waals surface area contributed by atoms with Gasteiger partial charge < -0.3 is 15.0 Å². The van der Waals surface area contributed by atoms with Crippen LogP contribution in [0.3, 0.4) is 0 Å². The molecule has 1 aliphatic carbocycles. The normalized spacial score (nSPS) is 18.5. The second-order valence-electron chi connectivity index (χ2n) is 6.40. The van der Waals surface area contributed by atoms with Gasteiger partial charge in [0.15, 0.2) is 5.96 Å².